The molecule has 1 heterocycles. The summed E-state index contributed by atoms with van der Waals surface area (Å²) >= 11 is 0. The van der Waals surface area contributed by atoms with Gasteiger partial charge in [0.05, 0.1) is 0 Å². The lowest BCUT2D eigenvalue weighted by Crippen LogP contribution is -2.48. The molecule has 2 aromatic carbocycles. The third-order valence-corrected chi connectivity index (χ3v) is 5.56. The molecule has 1 aliphatic heterocycles. The van der Waals surface area contributed by atoms with Crippen LogP contribution in [0.15, 0.2) is 54.6 Å². The molecule has 1 aliphatic rings. The Morgan fingerprint density at radius 3 is 2.03 bits per heavy atom. The van der Waals surface area contributed by atoms with Gasteiger partial charge >= 0.3 is 0 Å². The molecule has 0 bridgehead atoms. The highest BCUT2D eigenvalue weighted by atomic mass is 16.2. The summed E-state index contributed by atoms with van der Waals surface area (Å²) in [6, 6.07) is 18.7. The Hall–Kier alpha value is -2.86. The number of rotatable bonds is 8. The number of amides is 2. The molecule has 0 unspecified atom stereocenters. The molecule has 1 fully saturated rings. The van der Waals surface area contributed by atoms with Crippen LogP contribution in [0.5, 0.6) is 0 Å². The van der Waals surface area contributed by atoms with Gasteiger partial charge in [0.2, 0.25) is 11.8 Å². The lowest BCUT2D eigenvalue weighted by Gasteiger charge is -2.36. The number of carbonyl (C=O) groups excluding carboxylic acids is 2. The summed E-state index contributed by atoms with van der Waals surface area (Å²) in [5, 5.41) is 0. The van der Waals surface area contributed by atoms with E-state index < -0.39 is 0 Å². The third-order valence-electron chi connectivity index (χ3n) is 5.56. The van der Waals surface area contributed by atoms with Crippen LogP contribution in [0.25, 0.3) is 0 Å². The fourth-order valence-corrected chi connectivity index (χ4v) is 3.59. The quantitative estimate of drug-likeness (QED) is 0.659. The van der Waals surface area contributed by atoms with Crippen LogP contribution < -0.4 is 15.8 Å². The lowest BCUT2D eigenvalue weighted by molar-refractivity contribution is -0.129. The molecule has 2 N–H and O–H groups in total. The molecule has 0 aromatic heterocycles. The maximum atomic E-state index is 12.1. The molecule has 0 saturated carbocycles. The smallest absolute Gasteiger partial charge is 0.239 e. The SMILES string of the molecule is CCc1ccc(CCC(=O)NNC(=O)CCN2CCN(c3ccccc3)CC2)cc1. The third kappa shape index (κ3) is 6.88. The first-order chi connectivity index (χ1) is 14.6. The van der Waals surface area contributed by atoms with Crippen LogP contribution >= 0.6 is 0 Å². The van der Waals surface area contributed by atoms with Crippen molar-refractivity contribution >= 4 is 17.5 Å². The summed E-state index contributed by atoms with van der Waals surface area (Å²) in [6.45, 7) is 6.61. The van der Waals surface area contributed by atoms with Gasteiger partial charge in [0, 0.05) is 51.3 Å². The second kappa shape index (κ2) is 11.4. The number of piperazine rings is 1. The molecule has 0 radical (unpaired) electrons. The highest BCUT2D eigenvalue weighted by Crippen LogP contribution is 2.15. The van der Waals surface area contributed by atoms with Gasteiger partial charge in [-0.1, -0.05) is 49.4 Å². The zero-order valence-corrected chi connectivity index (χ0v) is 17.8. The van der Waals surface area contributed by atoms with Crippen LogP contribution in [-0.4, -0.2) is 49.4 Å². The van der Waals surface area contributed by atoms with E-state index in [4.69, 9.17) is 0 Å². The molecule has 2 amide bonds. The summed E-state index contributed by atoms with van der Waals surface area (Å²) in [7, 11) is 0. The van der Waals surface area contributed by atoms with E-state index >= 15 is 0 Å². The van der Waals surface area contributed by atoms with Gasteiger partial charge in [0.1, 0.15) is 0 Å². The Morgan fingerprint density at radius 2 is 1.40 bits per heavy atom. The Balaban J connectivity index is 1.28. The predicted molar refractivity (Wildman–Crippen MR) is 120 cm³/mol. The molecule has 0 atom stereocenters. The number of nitrogens with one attached hydrogen (secondary N) is 2. The lowest BCUT2D eigenvalue weighted by atomic mass is 10.1. The number of para-hydroxylation sites is 1. The molecular weight excluding hydrogens is 376 g/mol. The van der Waals surface area contributed by atoms with Crippen LogP contribution in [0.2, 0.25) is 0 Å². The van der Waals surface area contributed by atoms with Crippen LogP contribution in [-0.2, 0) is 22.4 Å². The zero-order chi connectivity index (χ0) is 21.2. The number of benzene rings is 2. The van der Waals surface area contributed by atoms with Crippen molar-refractivity contribution in [3.63, 3.8) is 0 Å². The van der Waals surface area contributed by atoms with E-state index in [1.807, 2.05) is 6.07 Å². The van der Waals surface area contributed by atoms with Gasteiger partial charge in [-0.25, -0.2) is 0 Å². The molecule has 3 rings (SSSR count). The van der Waals surface area contributed by atoms with Crippen molar-refractivity contribution < 1.29 is 9.59 Å². The second-order valence-corrected chi connectivity index (χ2v) is 7.68. The van der Waals surface area contributed by atoms with Gasteiger partial charge < -0.3 is 4.90 Å². The second-order valence-electron chi connectivity index (χ2n) is 7.68. The number of hydrazine groups is 1. The van der Waals surface area contributed by atoms with Gasteiger partial charge in [0.25, 0.3) is 0 Å². The number of nitrogens with zero attached hydrogens (tertiary/aromatic N) is 2. The first-order valence-electron chi connectivity index (χ1n) is 10.8. The van der Waals surface area contributed by atoms with Crippen LogP contribution in [0.1, 0.15) is 30.9 Å². The molecule has 160 valence electrons. The average Bonchev–Trinajstić information content (AvgIpc) is 2.81. The Kier molecular flexibility index (Phi) is 8.27. The van der Waals surface area contributed by atoms with Crippen molar-refractivity contribution in [3.05, 3.63) is 65.7 Å². The van der Waals surface area contributed by atoms with E-state index in [0.29, 0.717) is 25.8 Å². The minimum absolute atomic E-state index is 0.152. The van der Waals surface area contributed by atoms with Crippen LogP contribution in [0.3, 0.4) is 0 Å². The normalized spacial score (nSPS) is 14.4. The van der Waals surface area contributed by atoms with E-state index in [2.05, 4.69) is 76.1 Å². The first-order valence-corrected chi connectivity index (χ1v) is 10.8. The monoisotopic (exact) mass is 408 g/mol. The van der Waals surface area contributed by atoms with Crippen molar-refractivity contribution in [2.75, 3.05) is 37.6 Å². The minimum atomic E-state index is -0.167. The largest absolute Gasteiger partial charge is 0.369 e. The number of anilines is 1. The molecule has 0 aliphatic carbocycles. The van der Waals surface area contributed by atoms with Crippen molar-refractivity contribution in [2.45, 2.75) is 32.6 Å². The first kappa shape index (κ1) is 21.8. The van der Waals surface area contributed by atoms with E-state index in [1.165, 1.54) is 11.3 Å². The van der Waals surface area contributed by atoms with Crippen molar-refractivity contribution in [2.24, 2.45) is 0 Å². The van der Waals surface area contributed by atoms with Gasteiger partial charge in [-0.3, -0.25) is 25.3 Å². The molecule has 6 nitrogen and oxygen atoms in total. The summed E-state index contributed by atoms with van der Waals surface area (Å²) in [6.07, 6.45) is 2.41. The number of hydrogen-bond acceptors (Lipinski definition) is 4. The molecular formula is C24H32N4O2. The number of hydrogen-bond donors (Lipinski definition) is 2. The predicted octanol–water partition coefficient (Wildman–Crippen LogP) is 2.54. The van der Waals surface area contributed by atoms with E-state index in [0.717, 1.165) is 38.2 Å². The van der Waals surface area contributed by atoms with Crippen LogP contribution in [0, 0.1) is 0 Å². The summed E-state index contributed by atoms with van der Waals surface area (Å²) in [4.78, 5) is 28.7. The summed E-state index contributed by atoms with van der Waals surface area (Å²) in [5.74, 6) is -0.319. The van der Waals surface area contributed by atoms with Gasteiger partial charge in [-0.15, -0.1) is 0 Å². The van der Waals surface area contributed by atoms with Crippen molar-refractivity contribution in [1.29, 1.82) is 0 Å². The molecule has 0 spiro atoms. The van der Waals surface area contributed by atoms with Gasteiger partial charge in [-0.2, -0.15) is 0 Å². The fraction of sp³-hybridized carbons (Fsp3) is 0.417. The van der Waals surface area contributed by atoms with E-state index in [-0.39, 0.29) is 11.8 Å². The van der Waals surface area contributed by atoms with Gasteiger partial charge in [0.15, 0.2) is 0 Å². The molecule has 1 saturated heterocycles. The minimum Gasteiger partial charge on any atom is -0.369 e. The Bertz CT molecular complexity index is 800. The maximum absolute atomic E-state index is 12.1. The molecule has 2 aromatic rings. The standard InChI is InChI=1S/C24H32N4O2/c1-2-20-8-10-21(11-9-20)12-13-23(29)25-26-24(30)14-15-27-16-18-28(19-17-27)22-6-4-3-5-7-22/h3-11H,2,12-19H2,1H3,(H,25,29)(H,26,30). The maximum Gasteiger partial charge on any atom is 0.239 e. The number of carbonyl (C=O) groups is 2. The zero-order valence-electron chi connectivity index (χ0n) is 17.8. The summed E-state index contributed by atoms with van der Waals surface area (Å²) < 4.78 is 0. The van der Waals surface area contributed by atoms with E-state index in [1.54, 1.807) is 0 Å². The summed E-state index contributed by atoms with van der Waals surface area (Å²) in [5.41, 5.74) is 8.73. The highest BCUT2D eigenvalue weighted by Gasteiger charge is 2.17. The Labute approximate surface area is 179 Å². The average molecular weight is 409 g/mol. The van der Waals surface area contributed by atoms with Crippen molar-refractivity contribution in [1.82, 2.24) is 15.8 Å². The topological polar surface area (TPSA) is 64.7 Å². The van der Waals surface area contributed by atoms with Crippen molar-refractivity contribution in [3.8, 4) is 0 Å². The fourth-order valence-electron chi connectivity index (χ4n) is 3.59. The number of aryl methyl sites for hydroxylation is 2. The van der Waals surface area contributed by atoms with Gasteiger partial charge in [-0.05, 0) is 36.1 Å². The molecule has 30 heavy (non-hydrogen) atoms. The van der Waals surface area contributed by atoms with E-state index in [9.17, 15) is 9.59 Å². The van der Waals surface area contributed by atoms with Crippen LogP contribution in [0.4, 0.5) is 5.69 Å². The highest BCUT2D eigenvalue weighted by molar-refractivity contribution is 5.82. The Morgan fingerprint density at radius 1 is 0.800 bits per heavy atom. The molecule has 6 heteroatoms.